The van der Waals surface area contributed by atoms with E-state index in [4.69, 9.17) is 4.74 Å². The Hall–Kier alpha value is -2.32. The smallest absolute Gasteiger partial charge is 0.256 e. The highest BCUT2D eigenvalue weighted by molar-refractivity contribution is 7.16. The molecule has 1 aromatic carbocycles. The van der Waals surface area contributed by atoms with E-state index in [1.54, 1.807) is 23.5 Å². The van der Waals surface area contributed by atoms with Gasteiger partial charge in [0, 0.05) is 10.4 Å². The summed E-state index contributed by atoms with van der Waals surface area (Å²) in [5, 5.41) is 13.1. The molecule has 0 bridgehead atoms. The maximum Gasteiger partial charge on any atom is 0.256 e. The standard InChI is InChI=1S/C20H22N2O2S/c1-3-9-24-15-6-4-5-14(11-15)19(23)22-20-17(12-21)16-8-7-13(2)10-18(16)25-20/h4-6,11,13H,3,7-10H2,1-2H3,(H,22,23)/t13-/m1/s1. The number of anilines is 1. The Labute approximate surface area is 152 Å². The van der Waals surface area contributed by atoms with Gasteiger partial charge in [-0.1, -0.05) is 19.9 Å². The minimum absolute atomic E-state index is 0.204. The summed E-state index contributed by atoms with van der Waals surface area (Å²) < 4.78 is 5.59. The van der Waals surface area contributed by atoms with Gasteiger partial charge in [-0.05, 0) is 55.4 Å². The van der Waals surface area contributed by atoms with Crippen LogP contribution >= 0.6 is 11.3 Å². The zero-order chi connectivity index (χ0) is 17.8. The Morgan fingerprint density at radius 3 is 3.08 bits per heavy atom. The molecule has 0 saturated carbocycles. The van der Waals surface area contributed by atoms with Crippen LogP contribution in [0.5, 0.6) is 5.75 Å². The van der Waals surface area contributed by atoms with Crippen molar-refractivity contribution in [3.05, 3.63) is 45.8 Å². The van der Waals surface area contributed by atoms with Crippen LogP contribution in [0, 0.1) is 17.2 Å². The zero-order valence-electron chi connectivity index (χ0n) is 14.6. The fourth-order valence-corrected chi connectivity index (χ4v) is 4.44. The Balaban J connectivity index is 1.81. The van der Waals surface area contributed by atoms with Gasteiger partial charge in [-0.15, -0.1) is 11.3 Å². The number of carbonyl (C=O) groups excluding carboxylic acids is 1. The predicted octanol–water partition coefficient (Wildman–Crippen LogP) is 4.79. The van der Waals surface area contributed by atoms with Crippen LogP contribution in [0.3, 0.4) is 0 Å². The van der Waals surface area contributed by atoms with Crippen LogP contribution in [0.15, 0.2) is 24.3 Å². The number of hydrogen-bond donors (Lipinski definition) is 1. The minimum Gasteiger partial charge on any atom is -0.494 e. The van der Waals surface area contributed by atoms with E-state index in [-0.39, 0.29) is 5.91 Å². The summed E-state index contributed by atoms with van der Waals surface area (Å²) in [6.07, 6.45) is 3.93. The summed E-state index contributed by atoms with van der Waals surface area (Å²) in [6.45, 7) is 4.90. The van der Waals surface area contributed by atoms with Crippen LogP contribution in [-0.4, -0.2) is 12.5 Å². The molecule has 1 heterocycles. The molecule has 0 fully saturated rings. The highest BCUT2D eigenvalue weighted by Crippen LogP contribution is 2.39. The van der Waals surface area contributed by atoms with Crippen molar-refractivity contribution in [3.63, 3.8) is 0 Å². The second-order valence-corrected chi connectivity index (χ2v) is 7.60. The average Bonchev–Trinajstić information content (AvgIpc) is 2.96. The number of benzene rings is 1. The third kappa shape index (κ3) is 3.85. The van der Waals surface area contributed by atoms with Crippen LogP contribution in [0.25, 0.3) is 0 Å². The summed E-state index contributed by atoms with van der Waals surface area (Å²) >= 11 is 1.55. The lowest BCUT2D eigenvalue weighted by Gasteiger charge is -2.17. The second-order valence-electron chi connectivity index (χ2n) is 6.50. The first-order chi connectivity index (χ1) is 12.1. The fraction of sp³-hybridized carbons (Fsp3) is 0.400. The summed E-state index contributed by atoms with van der Waals surface area (Å²) in [4.78, 5) is 13.9. The van der Waals surface area contributed by atoms with Gasteiger partial charge in [0.1, 0.15) is 16.8 Å². The molecule has 1 aromatic heterocycles. The largest absolute Gasteiger partial charge is 0.494 e. The summed E-state index contributed by atoms with van der Waals surface area (Å²) in [7, 11) is 0. The lowest BCUT2D eigenvalue weighted by Crippen LogP contribution is -2.12. The normalized spacial score (nSPS) is 16.0. The molecule has 1 N–H and O–H groups in total. The highest BCUT2D eigenvalue weighted by atomic mass is 32.1. The molecule has 5 heteroatoms. The molecular formula is C20H22N2O2S. The number of hydrogen-bond acceptors (Lipinski definition) is 4. The monoisotopic (exact) mass is 354 g/mol. The molecule has 0 spiro atoms. The first kappa shape index (κ1) is 17.5. The molecule has 25 heavy (non-hydrogen) atoms. The fourth-order valence-electron chi connectivity index (χ4n) is 3.08. The molecule has 130 valence electrons. The van der Waals surface area contributed by atoms with Crippen LogP contribution in [0.4, 0.5) is 5.00 Å². The first-order valence-electron chi connectivity index (χ1n) is 8.71. The topological polar surface area (TPSA) is 62.1 Å². The van der Waals surface area contributed by atoms with Crippen molar-refractivity contribution in [3.8, 4) is 11.8 Å². The van der Waals surface area contributed by atoms with Crippen LogP contribution in [-0.2, 0) is 12.8 Å². The van der Waals surface area contributed by atoms with Crippen LogP contribution in [0.1, 0.15) is 53.1 Å². The lowest BCUT2D eigenvalue weighted by atomic mass is 9.88. The van der Waals surface area contributed by atoms with Gasteiger partial charge in [-0.2, -0.15) is 5.26 Å². The Kier molecular flexibility index (Phi) is 5.40. The van der Waals surface area contributed by atoms with Gasteiger partial charge in [-0.25, -0.2) is 0 Å². The minimum atomic E-state index is -0.204. The van der Waals surface area contributed by atoms with Crippen molar-refractivity contribution in [2.75, 3.05) is 11.9 Å². The number of nitriles is 1. The third-order valence-electron chi connectivity index (χ3n) is 4.42. The van der Waals surface area contributed by atoms with E-state index >= 15 is 0 Å². The number of nitrogens with zero attached hydrogens (tertiary/aromatic N) is 1. The van der Waals surface area contributed by atoms with Crippen molar-refractivity contribution in [2.45, 2.75) is 39.5 Å². The van der Waals surface area contributed by atoms with Gasteiger partial charge in [0.25, 0.3) is 5.91 Å². The van der Waals surface area contributed by atoms with E-state index in [1.807, 2.05) is 19.1 Å². The number of carbonyl (C=O) groups is 1. The molecule has 4 nitrogen and oxygen atoms in total. The van der Waals surface area contributed by atoms with E-state index in [0.717, 1.165) is 31.2 Å². The number of fused-ring (bicyclic) bond motifs is 1. The highest BCUT2D eigenvalue weighted by Gasteiger charge is 2.24. The molecule has 0 radical (unpaired) electrons. The molecule has 3 rings (SSSR count). The molecule has 1 aliphatic carbocycles. The first-order valence-corrected chi connectivity index (χ1v) is 9.52. The van der Waals surface area contributed by atoms with E-state index in [0.29, 0.717) is 34.4 Å². The summed E-state index contributed by atoms with van der Waals surface area (Å²) in [5.41, 5.74) is 2.30. The molecule has 0 unspecified atom stereocenters. The number of thiophene rings is 1. The van der Waals surface area contributed by atoms with E-state index in [9.17, 15) is 10.1 Å². The van der Waals surface area contributed by atoms with Gasteiger partial charge in [0.05, 0.1) is 12.2 Å². The summed E-state index contributed by atoms with van der Waals surface area (Å²) in [5.74, 6) is 1.12. The van der Waals surface area contributed by atoms with Gasteiger partial charge in [0.2, 0.25) is 0 Å². The summed E-state index contributed by atoms with van der Waals surface area (Å²) in [6, 6.07) is 9.45. The van der Waals surface area contributed by atoms with Crippen molar-refractivity contribution in [2.24, 2.45) is 5.92 Å². The molecular weight excluding hydrogens is 332 g/mol. The molecule has 1 amide bonds. The van der Waals surface area contributed by atoms with Crippen molar-refractivity contribution in [1.82, 2.24) is 0 Å². The molecule has 0 saturated heterocycles. The Morgan fingerprint density at radius 2 is 2.32 bits per heavy atom. The lowest BCUT2D eigenvalue weighted by molar-refractivity contribution is 0.102. The quantitative estimate of drug-likeness (QED) is 0.840. The number of amides is 1. The zero-order valence-corrected chi connectivity index (χ0v) is 15.4. The van der Waals surface area contributed by atoms with Crippen molar-refractivity contribution < 1.29 is 9.53 Å². The van der Waals surface area contributed by atoms with E-state index < -0.39 is 0 Å². The molecule has 1 atom stereocenters. The maximum atomic E-state index is 12.6. The number of rotatable bonds is 5. The molecule has 0 aliphatic heterocycles. The predicted molar refractivity (Wildman–Crippen MR) is 100 cm³/mol. The molecule has 2 aromatic rings. The number of ether oxygens (including phenoxy) is 1. The van der Waals surface area contributed by atoms with Gasteiger partial charge >= 0.3 is 0 Å². The van der Waals surface area contributed by atoms with Gasteiger partial charge in [-0.3, -0.25) is 4.79 Å². The maximum absolute atomic E-state index is 12.6. The molecule has 1 aliphatic rings. The second kappa shape index (κ2) is 7.71. The Bertz CT molecular complexity index is 820. The SMILES string of the molecule is CCCOc1cccc(C(=O)Nc2sc3c(c2C#N)CC[C@@H](C)C3)c1. The van der Waals surface area contributed by atoms with Crippen molar-refractivity contribution >= 4 is 22.2 Å². The third-order valence-corrected chi connectivity index (χ3v) is 5.59. The van der Waals surface area contributed by atoms with Gasteiger partial charge in [0.15, 0.2) is 0 Å². The average molecular weight is 354 g/mol. The Morgan fingerprint density at radius 1 is 1.48 bits per heavy atom. The van der Waals surface area contributed by atoms with Crippen LogP contribution in [0.2, 0.25) is 0 Å². The van der Waals surface area contributed by atoms with E-state index in [2.05, 4.69) is 18.3 Å². The van der Waals surface area contributed by atoms with Gasteiger partial charge < -0.3 is 10.1 Å². The van der Waals surface area contributed by atoms with Crippen molar-refractivity contribution in [1.29, 1.82) is 5.26 Å². The van der Waals surface area contributed by atoms with E-state index in [1.165, 1.54) is 4.88 Å². The van der Waals surface area contributed by atoms with Crippen LogP contribution < -0.4 is 10.1 Å². The number of nitrogens with one attached hydrogen (secondary N) is 1.